The van der Waals surface area contributed by atoms with Gasteiger partial charge in [0.05, 0.1) is 17.1 Å². The van der Waals surface area contributed by atoms with Crippen LogP contribution >= 0.6 is 0 Å². The van der Waals surface area contributed by atoms with E-state index in [1.54, 1.807) is 10.8 Å². The molecule has 4 heterocycles. The number of likely N-dealkylation sites (N-methyl/N-ethyl adjacent to an activating group) is 1. The van der Waals surface area contributed by atoms with Crippen LogP contribution in [-0.2, 0) is 0 Å². The molecule has 0 aliphatic carbocycles. The van der Waals surface area contributed by atoms with E-state index in [1.165, 1.54) is 0 Å². The summed E-state index contributed by atoms with van der Waals surface area (Å²) >= 11 is 0. The molecule has 0 saturated carbocycles. The van der Waals surface area contributed by atoms with Gasteiger partial charge in [0, 0.05) is 18.3 Å². The number of piperidine rings is 1. The Bertz CT molecular complexity index is 1250. The Morgan fingerprint density at radius 3 is 2.86 bits per heavy atom. The van der Waals surface area contributed by atoms with E-state index in [4.69, 9.17) is 0 Å². The van der Waals surface area contributed by atoms with Crippen LogP contribution in [0.2, 0.25) is 0 Å². The minimum absolute atomic E-state index is 0.0187. The van der Waals surface area contributed by atoms with Crippen molar-refractivity contribution in [1.82, 2.24) is 29.0 Å². The maximum Gasteiger partial charge on any atom is 0.326 e. The van der Waals surface area contributed by atoms with E-state index < -0.39 is 0 Å². The molecule has 1 saturated heterocycles. The molecule has 3 aromatic heterocycles. The second-order valence-electron chi connectivity index (χ2n) is 7.98. The summed E-state index contributed by atoms with van der Waals surface area (Å²) in [7, 11) is 2.12. The zero-order valence-electron chi connectivity index (χ0n) is 16.4. The molecular formula is C21H24N6O. The maximum absolute atomic E-state index is 12.8. The summed E-state index contributed by atoms with van der Waals surface area (Å²) < 4.78 is 3.76. The summed E-state index contributed by atoms with van der Waals surface area (Å²) in [5.74, 6) is 0. The summed E-state index contributed by atoms with van der Waals surface area (Å²) in [5, 5.41) is 4.28. The number of nitrogens with one attached hydrogen (secondary N) is 1. The number of nitrogens with zero attached hydrogens (tertiary/aromatic N) is 5. The van der Waals surface area contributed by atoms with Gasteiger partial charge in [0.1, 0.15) is 6.33 Å². The van der Waals surface area contributed by atoms with Gasteiger partial charge in [-0.2, -0.15) is 5.10 Å². The summed E-state index contributed by atoms with van der Waals surface area (Å²) in [5.41, 5.74) is 7.11. The molecule has 1 atom stereocenters. The number of rotatable bonds is 2. The highest BCUT2D eigenvalue weighted by atomic mass is 16.1. The molecular weight excluding hydrogens is 352 g/mol. The lowest BCUT2D eigenvalue weighted by molar-refractivity contribution is 0.212. The lowest BCUT2D eigenvalue weighted by atomic mass is 9.99. The van der Waals surface area contributed by atoms with Gasteiger partial charge in [0.2, 0.25) is 0 Å². The van der Waals surface area contributed by atoms with Gasteiger partial charge in [-0.25, -0.2) is 14.3 Å². The molecule has 1 N–H and O–H groups in total. The van der Waals surface area contributed by atoms with Gasteiger partial charge < -0.3 is 9.88 Å². The van der Waals surface area contributed by atoms with Crippen LogP contribution in [0.4, 0.5) is 0 Å². The number of imidazole rings is 1. The van der Waals surface area contributed by atoms with Crippen LogP contribution in [-0.4, -0.2) is 49.2 Å². The van der Waals surface area contributed by atoms with Crippen LogP contribution in [0.3, 0.4) is 0 Å². The second kappa shape index (κ2) is 6.31. The summed E-state index contributed by atoms with van der Waals surface area (Å²) in [4.78, 5) is 22.4. The molecule has 0 radical (unpaired) electrons. The Labute approximate surface area is 162 Å². The summed E-state index contributed by atoms with van der Waals surface area (Å²) in [6, 6.07) is 6.58. The number of hydrogen-bond acceptors (Lipinski definition) is 4. The summed E-state index contributed by atoms with van der Waals surface area (Å²) in [6.45, 7) is 6.15. The number of H-pyrrole nitrogens is 1. The Morgan fingerprint density at radius 2 is 2.04 bits per heavy atom. The Kier molecular flexibility index (Phi) is 3.87. The summed E-state index contributed by atoms with van der Waals surface area (Å²) in [6.07, 6.45) is 5.73. The van der Waals surface area contributed by atoms with E-state index in [0.29, 0.717) is 0 Å². The monoisotopic (exact) mass is 376 g/mol. The molecule has 144 valence electrons. The Morgan fingerprint density at radius 1 is 1.18 bits per heavy atom. The van der Waals surface area contributed by atoms with E-state index in [-0.39, 0.29) is 11.7 Å². The first-order valence-corrected chi connectivity index (χ1v) is 9.75. The number of aromatic nitrogens is 5. The largest absolute Gasteiger partial charge is 0.326 e. The smallest absolute Gasteiger partial charge is 0.306 e. The average molecular weight is 376 g/mol. The van der Waals surface area contributed by atoms with Crippen LogP contribution in [0.5, 0.6) is 0 Å². The van der Waals surface area contributed by atoms with Crippen molar-refractivity contribution < 1.29 is 0 Å². The van der Waals surface area contributed by atoms with Crippen molar-refractivity contribution in [3.63, 3.8) is 0 Å². The molecule has 1 fully saturated rings. The Hall–Kier alpha value is -2.93. The van der Waals surface area contributed by atoms with Crippen molar-refractivity contribution in [3.05, 3.63) is 52.3 Å². The van der Waals surface area contributed by atoms with Crippen LogP contribution in [0.15, 0.2) is 35.5 Å². The van der Waals surface area contributed by atoms with Gasteiger partial charge in [-0.3, -0.25) is 4.57 Å². The van der Waals surface area contributed by atoms with Crippen molar-refractivity contribution in [2.45, 2.75) is 32.7 Å². The predicted molar refractivity (Wildman–Crippen MR) is 110 cm³/mol. The first kappa shape index (κ1) is 17.2. The SMILES string of the molecule is Cc1cc2c(cc1-c1cc(C)c3ncnn3c1)[nH]c(=O)n2[C@H]1CCCN(C)C1. The molecule has 0 spiro atoms. The Balaban J connectivity index is 1.66. The van der Waals surface area contributed by atoms with Gasteiger partial charge in [-0.15, -0.1) is 0 Å². The third-order valence-corrected chi connectivity index (χ3v) is 5.90. The van der Waals surface area contributed by atoms with E-state index in [9.17, 15) is 4.79 Å². The first-order valence-electron chi connectivity index (χ1n) is 9.75. The number of aromatic amines is 1. The second-order valence-corrected chi connectivity index (χ2v) is 7.98. The predicted octanol–water partition coefficient (Wildman–Crippen LogP) is 2.92. The number of aryl methyl sites for hydroxylation is 2. The van der Waals surface area contributed by atoms with Crippen molar-refractivity contribution >= 4 is 16.7 Å². The minimum Gasteiger partial charge on any atom is -0.306 e. The fraction of sp³-hybridized carbons (Fsp3) is 0.381. The molecule has 5 rings (SSSR count). The van der Waals surface area contributed by atoms with Gasteiger partial charge in [-0.05, 0) is 75.2 Å². The average Bonchev–Trinajstić information content (AvgIpc) is 3.24. The highest BCUT2D eigenvalue weighted by Crippen LogP contribution is 2.30. The zero-order valence-corrected chi connectivity index (χ0v) is 16.4. The van der Waals surface area contributed by atoms with Crippen LogP contribution in [0.1, 0.15) is 30.0 Å². The first-order chi connectivity index (χ1) is 13.5. The molecule has 0 bridgehead atoms. The lowest BCUT2D eigenvalue weighted by Gasteiger charge is -2.30. The third kappa shape index (κ3) is 2.65. The van der Waals surface area contributed by atoms with Crippen molar-refractivity contribution in [1.29, 1.82) is 0 Å². The van der Waals surface area contributed by atoms with Crippen LogP contribution in [0, 0.1) is 13.8 Å². The van der Waals surface area contributed by atoms with Crippen LogP contribution in [0.25, 0.3) is 27.8 Å². The van der Waals surface area contributed by atoms with Gasteiger partial charge in [0.15, 0.2) is 5.65 Å². The maximum atomic E-state index is 12.8. The molecule has 0 unspecified atom stereocenters. The highest BCUT2D eigenvalue weighted by molar-refractivity contribution is 5.84. The standard InChI is InChI=1S/C21H24N6O/c1-13-8-19-18(24-21(28)27(19)16-5-4-6-25(3)11-16)9-17(13)15-7-14(2)20-22-12-23-26(20)10-15/h7-10,12,16H,4-6,11H2,1-3H3,(H,24,28)/t16-/m0/s1. The third-order valence-electron chi connectivity index (χ3n) is 5.90. The lowest BCUT2D eigenvalue weighted by Crippen LogP contribution is -2.36. The molecule has 1 aromatic carbocycles. The van der Waals surface area contributed by atoms with Crippen LogP contribution < -0.4 is 5.69 Å². The number of hydrogen-bond donors (Lipinski definition) is 1. The quantitative estimate of drug-likeness (QED) is 0.584. The molecule has 0 amide bonds. The topological polar surface area (TPSA) is 71.2 Å². The van der Waals surface area contributed by atoms with E-state index in [1.807, 2.05) is 17.7 Å². The highest BCUT2D eigenvalue weighted by Gasteiger charge is 2.23. The van der Waals surface area contributed by atoms with Crippen molar-refractivity contribution in [3.8, 4) is 11.1 Å². The number of pyridine rings is 1. The van der Waals surface area contributed by atoms with Crippen molar-refractivity contribution in [2.75, 3.05) is 20.1 Å². The van der Waals surface area contributed by atoms with Gasteiger partial charge in [-0.1, -0.05) is 0 Å². The van der Waals surface area contributed by atoms with Gasteiger partial charge >= 0.3 is 5.69 Å². The van der Waals surface area contributed by atoms with Gasteiger partial charge in [0.25, 0.3) is 0 Å². The van der Waals surface area contributed by atoms with E-state index in [2.05, 4.69) is 52.1 Å². The van der Waals surface area contributed by atoms with E-state index in [0.717, 1.165) is 64.9 Å². The van der Waals surface area contributed by atoms with Crippen molar-refractivity contribution in [2.24, 2.45) is 0 Å². The van der Waals surface area contributed by atoms with E-state index >= 15 is 0 Å². The molecule has 7 heteroatoms. The zero-order chi connectivity index (χ0) is 19.4. The normalized spacial score (nSPS) is 18.3. The number of benzene rings is 1. The molecule has 7 nitrogen and oxygen atoms in total. The molecule has 1 aliphatic rings. The fourth-order valence-electron chi connectivity index (χ4n) is 4.54. The number of likely N-dealkylation sites (tertiary alicyclic amines) is 1. The molecule has 28 heavy (non-hydrogen) atoms. The fourth-order valence-corrected chi connectivity index (χ4v) is 4.54. The number of fused-ring (bicyclic) bond motifs is 2. The molecule has 4 aromatic rings. The molecule has 1 aliphatic heterocycles. The minimum atomic E-state index is -0.0187.